The van der Waals surface area contributed by atoms with E-state index in [9.17, 15) is 4.79 Å². The number of hydrogen-bond acceptors (Lipinski definition) is 6. The van der Waals surface area contributed by atoms with Crippen molar-refractivity contribution in [3.63, 3.8) is 0 Å². The van der Waals surface area contributed by atoms with E-state index in [2.05, 4.69) is 31.2 Å². The number of carbonyl (C=O) groups is 1. The Bertz CT molecular complexity index is 1060. The van der Waals surface area contributed by atoms with Gasteiger partial charge in [-0.1, -0.05) is 22.0 Å². The van der Waals surface area contributed by atoms with E-state index in [1.165, 1.54) is 6.33 Å². The highest BCUT2D eigenvalue weighted by atomic mass is 79.9. The van der Waals surface area contributed by atoms with Crippen LogP contribution in [-0.2, 0) is 14.3 Å². The lowest BCUT2D eigenvalue weighted by Gasteiger charge is -2.12. The highest BCUT2D eigenvalue weighted by molar-refractivity contribution is 9.10. The minimum Gasteiger partial charge on any atom is -0.491 e. The smallest absolute Gasteiger partial charge is 0.238 e. The summed E-state index contributed by atoms with van der Waals surface area (Å²) in [5.74, 6) is 0.137. The van der Waals surface area contributed by atoms with Gasteiger partial charge in [-0.05, 0) is 36.8 Å². The molecule has 3 aromatic rings. The van der Waals surface area contributed by atoms with E-state index in [0.29, 0.717) is 44.5 Å². The van der Waals surface area contributed by atoms with Crippen LogP contribution in [0, 0.1) is 0 Å². The monoisotopic (exact) mass is 471 g/mol. The van der Waals surface area contributed by atoms with Gasteiger partial charge in [0, 0.05) is 28.2 Å². The van der Waals surface area contributed by atoms with Gasteiger partial charge in [0.25, 0.3) is 0 Å². The molecule has 2 aromatic carbocycles. The van der Waals surface area contributed by atoms with E-state index in [4.69, 9.17) is 14.2 Å². The molecule has 1 aliphatic rings. The first-order valence-corrected chi connectivity index (χ1v) is 10.6. The predicted molar refractivity (Wildman–Crippen MR) is 117 cm³/mol. The lowest BCUT2D eigenvalue weighted by Crippen LogP contribution is -2.15. The molecule has 0 fully saturated rings. The third-order valence-electron chi connectivity index (χ3n) is 4.83. The second kappa shape index (κ2) is 9.51. The van der Waals surface area contributed by atoms with Gasteiger partial charge >= 0.3 is 0 Å². The molecule has 0 radical (unpaired) electrons. The van der Waals surface area contributed by atoms with Crippen LogP contribution in [0.2, 0.25) is 0 Å². The third-order valence-corrected chi connectivity index (χ3v) is 5.32. The van der Waals surface area contributed by atoms with Gasteiger partial charge in [0.1, 0.15) is 24.6 Å². The molecule has 4 rings (SSSR count). The van der Waals surface area contributed by atoms with Crippen LogP contribution in [0.5, 0.6) is 5.75 Å². The van der Waals surface area contributed by atoms with Crippen molar-refractivity contribution in [3.05, 3.63) is 58.5 Å². The van der Waals surface area contributed by atoms with Crippen LogP contribution in [0.4, 0.5) is 5.69 Å². The van der Waals surface area contributed by atoms with Crippen molar-refractivity contribution >= 4 is 38.4 Å². The van der Waals surface area contributed by atoms with Gasteiger partial charge in [0.15, 0.2) is 0 Å². The third kappa shape index (κ3) is 4.45. The summed E-state index contributed by atoms with van der Waals surface area (Å²) in [5, 5.41) is 3.77. The first-order chi connectivity index (χ1) is 14.7. The van der Waals surface area contributed by atoms with Crippen LogP contribution >= 0.6 is 15.9 Å². The molecule has 7 nitrogen and oxygen atoms in total. The topological polar surface area (TPSA) is 82.6 Å². The minimum absolute atomic E-state index is 0.0902. The van der Waals surface area contributed by atoms with Gasteiger partial charge in [0.05, 0.1) is 31.0 Å². The number of nitrogens with one attached hydrogen (secondary N) is 1. The number of benzene rings is 2. The van der Waals surface area contributed by atoms with Gasteiger partial charge in [-0.2, -0.15) is 0 Å². The van der Waals surface area contributed by atoms with Crippen LogP contribution in [0.25, 0.3) is 10.9 Å². The average molecular weight is 472 g/mol. The Kier molecular flexibility index (Phi) is 6.56. The number of ether oxygens (including phenoxy) is 3. The number of aromatic nitrogens is 2. The zero-order valence-corrected chi connectivity index (χ0v) is 18.1. The largest absolute Gasteiger partial charge is 0.491 e. The van der Waals surface area contributed by atoms with Gasteiger partial charge in [-0.3, -0.25) is 4.79 Å². The molecule has 0 aliphatic carbocycles. The Balaban J connectivity index is 1.50. The van der Waals surface area contributed by atoms with Gasteiger partial charge in [0.2, 0.25) is 5.91 Å². The molecule has 0 saturated heterocycles. The van der Waals surface area contributed by atoms with E-state index in [1.807, 2.05) is 43.3 Å². The van der Waals surface area contributed by atoms with Gasteiger partial charge in [-0.25, -0.2) is 9.97 Å². The van der Waals surface area contributed by atoms with E-state index < -0.39 is 5.92 Å². The normalized spacial score (nSPS) is 15.3. The summed E-state index contributed by atoms with van der Waals surface area (Å²) in [6, 6.07) is 11.4. The van der Waals surface area contributed by atoms with Crippen molar-refractivity contribution in [2.45, 2.75) is 12.8 Å². The molecule has 0 saturated carbocycles. The standard InChI is InChI=1S/C22H22BrN3O4/c1-2-28-7-8-29-9-10-30-15-4-6-17-18(12-15)24-13-25-21(17)20-16-5-3-14(23)11-19(16)26-22(20)27/h3-6,11-13,20H,2,7-10H2,1H3,(H,26,27). The number of fused-ring (bicyclic) bond motifs is 2. The number of rotatable bonds is 9. The molecule has 1 atom stereocenters. The van der Waals surface area contributed by atoms with Crippen molar-refractivity contribution in [1.29, 1.82) is 0 Å². The molecule has 30 heavy (non-hydrogen) atoms. The Hall–Kier alpha value is -2.55. The Morgan fingerprint density at radius 3 is 2.73 bits per heavy atom. The molecule has 1 aromatic heterocycles. The maximum absolute atomic E-state index is 12.7. The molecule has 156 valence electrons. The second-order valence-electron chi connectivity index (χ2n) is 6.75. The zero-order chi connectivity index (χ0) is 20.9. The summed E-state index contributed by atoms with van der Waals surface area (Å²) in [5.41, 5.74) is 3.13. The number of nitrogens with zero attached hydrogens (tertiary/aromatic N) is 2. The highest BCUT2D eigenvalue weighted by Gasteiger charge is 2.34. The van der Waals surface area contributed by atoms with Gasteiger partial charge in [-0.15, -0.1) is 0 Å². The molecule has 1 N–H and O–H groups in total. The number of amides is 1. The molecule has 1 unspecified atom stereocenters. The Labute approximate surface area is 182 Å². The molecule has 1 amide bonds. The van der Waals surface area contributed by atoms with E-state index in [0.717, 1.165) is 26.6 Å². The van der Waals surface area contributed by atoms with E-state index in [-0.39, 0.29) is 5.91 Å². The zero-order valence-electron chi connectivity index (χ0n) is 16.6. The van der Waals surface area contributed by atoms with Crippen molar-refractivity contribution in [2.24, 2.45) is 0 Å². The first kappa shape index (κ1) is 20.7. The summed E-state index contributed by atoms with van der Waals surface area (Å²) in [6.07, 6.45) is 1.49. The van der Waals surface area contributed by atoms with Crippen LogP contribution in [0.1, 0.15) is 24.1 Å². The Morgan fingerprint density at radius 2 is 1.87 bits per heavy atom. The molecule has 2 heterocycles. The molecule has 8 heteroatoms. The maximum atomic E-state index is 12.7. The Morgan fingerprint density at radius 1 is 1.03 bits per heavy atom. The van der Waals surface area contributed by atoms with Crippen molar-refractivity contribution in [1.82, 2.24) is 9.97 Å². The predicted octanol–water partition coefficient (Wildman–Crippen LogP) is 3.91. The SMILES string of the molecule is CCOCCOCCOc1ccc2c(C3C(=O)Nc4cc(Br)ccc43)ncnc2c1. The molecular weight excluding hydrogens is 450 g/mol. The van der Waals surface area contributed by atoms with Crippen LogP contribution in [0.3, 0.4) is 0 Å². The van der Waals surface area contributed by atoms with Crippen molar-refractivity contribution in [2.75, 3.05) is 38.4 Å². The molecule has 0 spiro atoms. The average Bonchev–Trinajstić information content (AvgIpc) is 3.07. The minimum atomic E-state index is -0.468. The number of anilines is 1. The fourth-order valence-electron chi connectivity index (χ4n) is 3.47. The van der Waals surface area contributed by atoms with Crippen LogP contribution < -0.4 is 10.1 Å². The molecular formula is C22H22BrN3O4. The number of carbonyl (C=O) groups excluding carboxylic acids is 1. The summed E-state index contributed by atoms with van der Waals surface area (Å²) < 4.78 is 17.4. The molecule has 1 aliphatic heterocycles. The number of halogens is 1. The fraction of sp³-hybridized carbons (Fsp3) is 0.318. The van der Waals surface area contributed by atoms with Crippen LogP contribution in [-0.4, -0.2) is 48.9 Å². The van der Waals surface area contributed by atoms with Crippen molar-refractivity contribution < 1.29 is 19.0 Å². The summed E-state index contributed by atoms with van der Waals surface area (Å²) in [7, 11) is 0. The van der Waals surface area contributed by atoms with E-state index in [1.54, 1.807) is 0 Å². The lowest BCUT2D eigenvalue weighted by molar-refractivity contribution is -0.116. The summed E-state index contributed by atoms with van der Waals surface area (Å²) >= 11 is 3.44. The quantitative estimate of drug-likeness (QED) is 0.476. The number of hydrogen-bond donors (Lipinski definition) is 1. The second-order valence-corrected chi connectivity index (χ2v) is 7.67. The van der Waals surface area contributed by atoms with E-state index >= 15 is 0 Å². The lowest BCUT2D eigenvalue weighted by atomic mass is 9.94. The first-order valence-electron chi connectivity index (χ1n) is 9.80. The highest BCUT2D eigenvalue weighted by Crippen LogP contribution is 2.40. The fourth-order valence-corrected chi connectivity index (χ4v) is 3.83. The van der Waals surface area contributed by atoms with Crippen molar-refractivity contribution in [3.8, 4) is 5.75 Å². The molecule has 0 bridgehead atoms. The summed E-state index contributed by atoms with van der Waals surface area (Å²) in [6.45, 7) is 4.69. The summed E-state index contributed by atoms with van der Waals surface area (Å²) in [4.78, 5) is 21.5. The maximum Gasteiger partial charge on any atom is 0.238 e. The van der Waals surface area contributed by atoms with Crippen LogP contribution in [0.15, 0.2) is 47.2 Å². The van der Waals surface area contributed by atoms with Gasteiger partial charge < -0.3 is 19.5 Å².